The summed E-state index contributed by atoms with van der Waals surface area (Å²) < 4.78 is 0. The van der Waals surface area contributed by atoms with Gasteiger partial charge in [0.2, 0.25) is 11.8 Å². The summed E-state index contributed by atoms with van der Waals surface area (Å²) in [6, 6.07) is 0. The summed E-state index contributed by atoms with van der Waals surface area (Å²) in [5, 5.41) is 6.22. The number of nitrogens with one attached hydrogen (secondary N) is 2. The lowest BCUT2D eigenvalue weighted by molar-refractivity contribution is -0.141. The Kier molecular flexibility index (Phi) is 5.58. The first kappa shape index (κ1) is 16.2. The Morgan fingerprint density at radius 3 is 2.86 bits per heavy atom. The third-order valence-electron chi connectivity index (χ3n) is 4.78. The van der Waals surface area contributed by atoms with Gasteiger partial charge in [0.05, 0.1) is 11.5 Å². The zero-order valence-corrected chi connectivity index (χ0v) is 13.0. The molecule has 0 aliphatic carbocycles. The monoisotopic (exact) mass is 296 g/mol. The molecule has 120 valence electrons. The second-order valence-corrected chi connectivity index (χ2v) is 6.14. The number of hydrogen-bond acceptors (Lipinski definition) is 4. The fourth-order valence-electron chi connectivity index (χ4n) is 3.46. The van der Waals surface area contributed by atoms with Crippen molar-refractivity contribution in [1.82, 2.24) is 15.5 Å². The van der Waals surface area contributed by atoms with E-state index in [0.29, 0.717) is 19.6 Å². The highest BCUT2D eigenvalue weighted by Gasteiger charge is 2.43. The number of carbonyl (C=O) groups is 2. The molecular weight excluding hydrogens is 268 g/mol. The quantitative estimate of drug-likeness (QED) is 0.657. The van der Waals surface area contributed by atoms with Crippen LogP contribution in [0.15, 0.2) is 0 Å². The van der Waals surface area contributed by atoms with E-state index >= 15 is 0 Å². The van der Waals surface area contributed by atoms with E-state index in [9.17, 15) is 9.59 Å². The van der Waals surface area contributed by atoms with Crippen LogP contribution in [0.2, 0.25) is 0 Å². The van der Waals surface area contributed by atoms with Crippen LogP contribution in [0.1, 0.15) is 39.0 Å². The van der Waals surface area contributed by atoms with Crippen LogP contribution in [0.5, 0.6) is 0 Å². The zero-order valence-electron chi connectivity index (χ0n) is 13.0. The molecule has 2 rings (SSSR count). The highest BCUT2D eigenvalue weighted by Crippen LogP contribution is 2.28. The number of piperidine rings is 1. The molecule has 6 heteroatoms. The van der Waals surface area contributed by atoms with Crippen molar-refractivity contribution in [3.8, 4) is 0 Å². The first-order valence-electron chi connectivity index (χ1n) is 8.15. The van der Waals surface area contributed by atoms with Gasteiger partial charge in [0.1, 0.15) is 0 Å². The van der Waals surface area contributed by atoms with Gasteiger partial charge in [-0.1, -0.05) is 6.92 Å². The molecule has 0 aromatic carbocycles. The molecule has 2 saturated heterocycles. The molecule has 2 atom stereocenters. The smallest absolute Gasteiger partial charge is 0.242 e. The van der Waals surface area contributed by atoms with Crippen LogP contribution >= 0.6 is 0 Å². The standard InChI is InChI=1S/C15H28N4O2/c1-2-15(6-4-8-18-15)14(21)19-10-3-5-12(11-19)13(20)17-9-7-16/h12,18H,2-11,16H2,1H3,(H,17,20). The van der Waals surface area contributed by atoms with E-state index in [4.69, 9.17) is 5.73 Å². The van der Waals surface area contributed by atoms with E-state index in [0.717, 1.165) is 45.2 Å². The summed E-state index contributed by atoms with van der Waals surface area (Å²) in [6.07, 6.45) is 4.52. The van der Waals surface area contributed by atoms with Crippen molar-refractivity contribution in [2.75, 3.05) is 32.7 Å². The number of hydrogen-bond donors (Lipinski definition) is 3. The van der Waals surface area contributed by atoms with Crippen LogP contribution in [0.25, 0.3) is 0 Å². The Balaban J connectivity index is 1.97. The summed E-state index contributed by atoms with van der Waals surface area (Å²) in [4.78, 5) is 26.8. The molecule has 6 nitrogen and oxygen atoms in total. The summed E-state index contributed by atoms with van der Waals surface area (Å²) in [5.41, 5.74) is 5.02. The van der Waals surface area contributed by atoms with Crippen molar-refractivity contribution in [2.45, 2.75) is 44.6 Å². The van der Waals surface area contributed by atoms with Crippen LogP contribution in [0.3, 0.4) is 0 Å². The molecule has 0 aromatic rings. The third kappa shape index (κ3) is 3.55. The summed E-state index contributed by atoms with van der Waals surface area (Å²) in [6.45, 7) is 5.23. The number of carbonyl (C=O) groups excluding carboxylic acids is 2. The third-order valence-corrected chi connectivity index (χ3v) is 4.78. The zero-order chi connectivity index (χ0) is 15.3. The molecule has 21 heavy (non-hydrogen) atoms. The van der Waals surface area contributed by atoms with Gasteiger partial charge < -0.3 is 21.3 Å². The maximum Gasteiger partial charge on any atom is 0.242 e. The average molecular weight is 296 g/mol. The lowest BCUT2D eigenvalue weighted by Crippen LogP contribution is -2.57. The van der Waals surface area contributed by atoms with Crippen molar-refractivity contribution in [1.29, 1.82) is 0 Å². The van der Waals surface area contributed by atoms with Gasteiger partial charge in [0, 0.05) is 26.2 Å². The molecule has 0 radical (unpaired) electrons. The normalized spacial score (nSPS) is 29.4. The Hall–Kier alpha value is -1.14. The molecule has 0 spiro atoms. The summed E-state index contributed by atoms with van der Waals surface area (Å²) >= 11 is 0. The van der Waals surface area contributed by atoms with E-state index in [2.05, 4.69) is 17.6 Å². The van der Waals surface area contributed by atoms with Crippen LogP contribution in [-0.2, 0) is 9.59 Å². The molecule has 0 aromatic heterocycles. The van der Waals surface area contributed by atoms with E-state index in [1.807, 2.05) is 4.90 Å². The highest BCUT2D eigenvalue weighted by molar-refractivity contribution is 5.88. The van der Waals surface area contributed by atoms with Gasteiger partial charge in [-0.05, 0) is 38.6 Å². The molecule has 2 aliphatic rings. The van der Waals surface area contributed by atoms with Crippen LogP contribution in [-0.4, -0.2) is 55.0 Å². The van der Waals surface area contributed by atoms with E-state index in [-0.39, 0.29) is 17.7 Å². The van der Waals surface area contributed by atoms with E-state index in [1.54, 1.807) is 0 Å². The number of amides is 2. The molecule has 2 amide bonds. The van der Waals surface area contributed by atoms with Gasteiger partial charge >= 0.3 is 0 Å². The van der Waals surface area contributed by atoms with Crippen molar-refractivity contribution < 1.29 is 9.59 Å². The molecule has 0 saturated carbocycles. The number of nitrogens with zero attached hydrogens (tertiary/aromatic N) is 1. The lowest BCUT2D eigenvalue weighted by atomic mass is 9.89. The second-order valence-electron chi connectivity index (χ2n) is 6.14. The Labute approximate surface area is 126 Å². The molecule has 0 bridgehead atoms. The summed E-state index contributed by atoms with van der Waals surface area (Å²) in [5.74, 6) is 0.117. The summed E-state index contributed by atoms with van der Waals surface area (Å²) in [7, 11) is 0. The lowest BCUT2D eigenvalue weighted by Gasteiger charge is -2.38. The van der Waals surface area contributed by atoms with Gasteiger partial charge in [0.15, 0.2) is 0 Å². The number of likely N-dealkylation sites (tertiary alicyclic amines) is 1. The number of nitrogens with two attached hydrogens (primary N) is 1. The predicted molar refractivity (Wildman–Crippen MR) is 81.6 cm³/mol. The minimum atomic E-state index is -0.393. The van der Waals surface area contributed by atoms with Gasteiger partial charge in [-0.15, -0.1) is 0 Å². The highest BCUT2D eigenvalue weighted by atomic mass is 16.2. The molecule has 2 aliphatic heterocycles. The van der Waals surface area contributed by atoms with E-state index in [1.165, 1.54) is 0 Å². The Morgan fingerprint density at radius 2 is 2.24 bits per heavy atom. The maximum absolute atomic E-state index is 12.8. The van der Waals surface area contributed by atoms with Crippen molar-refractivity contribution >= 4 is 11.8 Å². The van der Waals surface area contributed by atoms with Gasteiger partial charge in [0.25, 0.3) is 0 Å². The fraction of sp³-hybridized carbons (Fsp3) is 0.867. The minimum absolute atomic E-state index is 0.0304. The molecule has 4 N–H and O–H groups in total. The molecular formula is C15H28N4O2. The van der Waals surface area contributed by atoms with Gasteiger partial charge in [-0.25, -0.2) is 0 Å². The maximum atomic E-state index is 12.8. The fourth-order valence-corrected chi connectivity index (χ4v) is 3.46. The van der Waals surface area contributed by atoms with Crippen LogP contribution in [0.4, 0.5) is 0 Å². The van der Waals surface area contributed by atoms with Crippen molar-refractivity contribution in [3.63, 3.8) is 0 Å². The largest absolute Gasteiger partial charge is 0.355 e. The SMILES string of the molecule is CCC1(C(=O)N2CCCC(C(=O)NCCN)C2)CCCN1. The Bertz CT molecular complexity index is 380. The first-order chi connectivity index (χ1) is 10.1. The van der Waals surface area contributed by atoms with Crippen molar-refractivity contribution in [3.05, 3.63) is 0 Å². The number of rotatable bonds is 5. The molecule has 2 heterocycles. The van der Waals surface area contributed by atoms with E-state index < -0.39 is 5.54 Å². The van der Waals surface area contributed by atoms with Gasteiger partial charge in [-0.3, -0.25) is 9.59 Å². The molecule has 2 unspecified atom stereocenters. The second kappa shape index (κ2) is 7.22. The Morgan fingerprint density at radius 1 is 1.43 bits per heavy atom. The van der Waals surface area contributed by atoms with Crippen LogP contribution in [0, 0.1) is 5.92 Å². The average Bonchev–Trinajstić information content (AvgIpc) is 3.02. The minimum Gasteiger partial charge on any atom is -0.355 e. The first-order valence-corrected chi connectivity index (χ1v) is 8.15. The van der Waals surface area contributed by atoms with Crippen molar-refractivity contribution in [2.24, 2.45) is 11.7 Å². The van der Waals surface area contributed by atoms with Crippen LogP contribution < -0.4 is 16.4 Å². The predicted octanol–water partition coefficient (Wildman–Crippen LogP) is -0.168. The molecule has 2 fully saturated rings. The topological polar surface area (TPSA) is 87.5 Å². The van der Waals surface area contributed by atoms with Gasteiger partial charge in [-0.2, -0.15) is 0 Å².